The van der Waals surface area contributed by atoms with Gasteiger partial charge in [0.15, 0.2) is 11.9 Å². The first-order valence-electron chi connectivity index (χ1n) is 11.2. The summed E-state index contributed by atoms with van der Waals surface area (Å²) in [5.74, 6) is 1.62. The number of rotatable bonds is 7. The van der Waals surface area contributed by atoms with E-state index in [1.54, 1.807) is 36.4 Å². The number of hydrogen-bond acceptors (Lipinski definition) is 5. The van der Waals surface area contributed by atoms with Crippen LogP contribution in [0.5, 0.6) is 11.5 Å². The monoisotopic (exact) mass is 490 g/mol. The normalized spacial score (nSPS) is 22.2. The fourth-order valence-corrected chi connectivity index (χ4v) is 4.74. The van der Waals surface area contributed by atoms with Crippen molar-refractivity contribution >= 4 is 40.6 Å². The summed E-state index contributed by atoms with van der Waals surface area (Å²) in [5, 5.41) is 4.41. The van der Waals surface area contributed by atoms with E-state index >= 15 is 0 Å². The highest BCUT2D eigenvalue weighted by Gasteiger charge is 2.32. The van der Waals surface area contributed by atoms with Gasteiger partial charge < -0.3 is 19.7 Å². The second-order valence-corrected chi connectivity index (χ2v) is 9.68. The molecule has 176 valence electrons. The summed E-state index contributed by atoms with van der Waals surface area (Å²) in [4.78, 5) is 27.1. The molecule has 2 aromatic rings. The first-order valence-corrected chi connectivity index (χ1v) is 12.0. The van der Waals surface area contributed by atoms with Crippen LogP contribution in [0.4, 0.5) is 5.69 Å². The van der Waals surface area contributed by atoms with Crippen molar-refractivity contribution in [3.8, 4) is 11.5 Å². The van der Waals surface area contributed by atoms with Crippen LogP contribution in [0.3, 0.4) is 0 Å². The molecule has 1 saturated carbocycles. The number of fused-ring (bicyclic) bond motifs is 1. The van der Waals surface area contributed by atoms with Gasteiger partial charge in [0, 0.05) is 29.6 Å². The van der Waals surface area contributed by atoms with E-state index in [0.29, 0.717) is 40.4 Å². The van der Waals surface area contributed by atoms with Gasteiger partial charge in [0.2, 0.25) is 0 Å². The minimum atomic E-state index is -0.562. The fraction of sp³-hybridized carbons (Fsp3) is 0.440. The minimum absolute atomic E-state index is 0.0670. The summed E-state index contributed by atoms with van der Waals surface area (Å²) in [5.41, 5.74) is 0.886. The highest BCUT2D eigenvalue weighted by molar-refractivity contribution is 6.31. The van der Waals surface area contributed by atoms with E-state index < -0.39 is 6.10 Å². The van der Waals surface area contributed by atoms with Crippen LogP contribution in [0, 0.1) is 5.92 Å². The molecule has 0 saturated heterocycles. The number of ether oxygens (including phenoxy) is 2. The maximum atomic E-state index is 12.8. The van der Waals surface area contributed by atoms with Crippen molar-refractivity contribution in [2.45, 2.75) is 44.2 Å². The lowest BCUT2D eigenvalue weighted by Crippen LogP contribution is -2.51. The largest absolute Gasteiger partial charge is 0.486 e. The predicted octanol–water partition coefficient (Wildman–Crippen LogP) is 4.90. The van der Waals surface area contributed by atoms with E-state index in [2.05, 4.69) is 5.32 Å². The highest BCUT2D eigenvalue weighted by Crippen LogP contribution is 2.35. The number of nitrogens with one attached hydrogen (secondary N) is 1. The average molecular weight is 491 g/mol. The molecule has 1 heterocycles. The molecule has 8 heteroatoms. The Bertz CT molecular complexity index is 990. The van der Waals surface area contributed by atoms with Gasteiger partial charge in [-0.05, 0) is 74.1 Å². The standard InChI is InChI=1S/C25H28Cl2N2O4/c1-29-14-24(33-23-11-6-18(27)13-22(23)29)25(31)28-19-7-2-16(3-8-19)12-20(30)15-32-21-9-4-17(26)5-10-21/h4-6,9-11,13,16,19,24H,2-3,7-8,12,14-15H2,1H3,(H,28,31). The molecule has 0 spiro atoms. The van der Waals surface area contributed by atoms with Crippen molar-refractivity contribution in [2.75, 3.05) is 25.1 Å². The van der Waals surface area contributed by atoms with Gasteiger partial charge in [-0.25, -0.2) is 0 Å². The van der Waals surface area contributed by atoms with Gasteiger partial charge in [0.1, 0.15) is 18.1 Å². The number of carbonyl (C=O) groups is 2. The Hall–Kier alpha value is -2.44. The lowest BCUT2D eigenvalue weighted by Gasteiger charge is -2.35. The molecule has 1 aliphatic carbocycles. The van der Waals surface area contributed by atoms with Crippen molar-refractivity contribution in [3.63, 3.8) is 0 Å². The molecule has 0 bridgehead atoms. The second-order valence-electron chi connectivity index (χ2n) is 8.81. The molecule has 1 fully saturated rings. The Balaban J connectivity index is 1.19. The molecular formula is C25H28Cl2N2O4. The third-order valence-electron chi connectivity index (χ3n) is 6.26. The van der Waals surface area contributed by atoms with Gasteiger partial charge in [0.25, 0.3) is 5.91 Å². The maximum Gasteiger partial charge on any atom is 0.263 e. The van der Waals surface area contributed by atoms with E-state index in [4.69, 9.17) is 32.7 Å². The molecule has 1 amide bonds. The quantitative estimate of drug-likeness (QED) is 0.597. The number of halogens is 2. The van der Waals surface area contributed by atoms with E-state index in [1.807, 2.05) is 18.0 Å². The number of anilines is 1. The number of likely N-dealkylation sites (N-methyl/N-ethyl adjacent to an activating group) is 1. The molecule has 2 aromatic carbocycles. The molecule has 2 aliphatic rings. The van der Waals surface area contributed by atoms with Crippen LogP contribution >= 0.6 is 23.2 Å². The summed E-state index contributed by atoms with van der Waals surface area (Å²) in [7, 11) is 1.93. The smallest absolute Gasteiger partial charge is 0.263 e. The number of carbonyl (C=O) groups excluding carboxylic acids is 2. The van der Waals surface area contributed by atoms with Gasteiger partial charge in [0.05, 0.1) is 12.2 Å². The summed E-state index contributed by atoms with van der Waals surface area (Å²) < 4.78 is 11.5. The zero-order valence-corrected chi connectivity index (χ0v) is 20.1. The first-order chi connectivity index (χ1) is 15.9. The summed E-state index contributed by atoms with van der Waals surface area (Å²) in [6.45, 7) is 0.536. The van der Waals surface area contributed by atoms with Crippen molar-refractivity contribution < 1.29 is 19.1 Å². The molecular weight excluding hydrogens is 463 g/mol. The molecule has 6 nitrogen and oxygen atoms in total. The highest BCUT2D eigenvalue weighted by atomic mass is 35.5. The maximum absolute atomic E-state index is 12.8. The molecule has 1 N–H and O–H groups in total. The molecule has 1 atom stereocenters. The zero-order chi connectivity index (χ0) is 23.4. The third kappa shape index (κ3) is 6.33. The molecule has 4 rings (SSSR count). The fourth-order valence-electron chi connectivity index (χ4n) is 4.44. The zero-order valence-electron chi connectivity index (χ0n) is 18.6. The van der Waals surface area contributed by atoms with Crippen LogP contribution in [0.2, 0.25) is 10.0 Å². The van der Waals surface area contributed by atoms with Crippen LogP contribution in [0.25, 0.3) is 0 Å². The SMILES string of the molecule is CN1CC(C(=O)NC2CCC(CC(=O)COc3ccc(Cl)cc3)CC2)Oc2ccc(Cl)cc21. The van der Waals surface area contributed by atoms with Crippen LogP contribution in [-0.4, -0.2) is 44.0 Å². The Kier molecular flexibility index (Phi) is 7.66. The van der Waals surface area contributed by atoms with Crippen LogP contribution < -0.4 is 19.7 Å². The van der Waals surface area contributed by atoms with Gasteiger partial charge in [-0.1, -0.05) is 23.2 Å². The minimum Gasteiger partial charge on any atom is -0.486 e. The number of ketones is 1. The molecule has 33 heavy (non-hydrogen) atoms. The van der Waals surface area contributed by atoms with Crippen LogP contribution in [0.1, 0.15) is 32.1 Å². The van der Waals surface area contributed by atoms with Crippen molar-refractivity contribution in [3.05, 3.63) is 52.5 Å². The van der Waals surface area contributed by atoms with Gasteiger partial charge >= 0.3 is 0 Å². The molecule has 1 unspecified atom stereocenters. The number of amides is 1. The predicted molar refractivity (Wildman–Crippen MR) is 130 cm³/mol. The second kappa shape index (κ2) is 10.7. The van der Waals surface area contributed by atoms with E-state index in [0.717, 1.165) is 31.4 Å². The number of Topliss-reactive ketones (excluding diaryl/α,β-unsaturated/α-hetero) is 1. The number of hydrogen-bond donors (Lipinski definition) is 1. The van der Waals surface area contributed by atoms with Crippen molar-refractivity contribution in [1.82, 2.24) is 5.32 Å². The molecule has 0 radical (unpaired) electrons. The van der Waals surface area contributed by atoms with E-state index in [1.165, 1.54) is 0 Å². The van der Waals surface area contributed by atoms with E-state index in [-0.39, 0.29) is 24.3 Å². The summed E-state index contributed by atoms with van der Waals surface area (Å²) in [6.07, 6.45) is 3.47. The third-order valence-corrected chi connectivity index (χ3v) is 6.74. The lowest BCUT2D eigenvalue weighted by molar-refractivity contribution is -0.129. The summed E-state index contributed by atoms with van der Waals surface area (Å²) in [6, 6.07) is 12.5. The molecule has 0 aromatic heterocycles. The number of benzene rings is 2. The topological polar surface area (TPSA) is 67.9 Å². The van der Waals surface area contributed by atoms with E-state index in [9.17, 15) is 9.59 Å². The summed E-state index contributed by atoms with van der Waals surface area (Å²) >= 11 is 11.9. The van der Waals surface area contributed by atoms with Crippen LogP contribution in [0.15, 0.2) is 42.5 Å². The first kappa shape index (κ1) is 23.7. The van der Waals surface area contributed by atoms with Gasteiger partial charge in [-0.3, -0.25) is 9.59 Å². The Morgan fingerprint density at radius 2 is 1.76 bits per heavy atom. The lowest BCUT2D eigenvalue weighted by atomic mass is 9.83. The van der Waals surface area contributed by atoms with Gasteiger partial charge in [-0.15, -0.1) is 0 Å². The Morgan fingerprint density at radius 3 is 2.48 bits per heavy atom. The average Bonchev–Trinajstić information content (AvgIpc) is 2.80. The van der Waals surface area contributed by atoms with Gasteiger partial charge in [-0.2, -0.15) is 0 Å². The van der Waals surface area contributed by atoms with Crippen molar-refractivity contribution in [2.24, 2.45) is 5.92 Å². The Morgan fingerprint density at radius 1 is 1.06 bits per heavy atom. The van der Waals surface area contributed by atoms with Crippen molar-refractivity contribution in [1.29, 1.82) is 0 Å². The van der Waals surface area contributed by atoms with Crippen LogP contribution in [-0.2, 0) is 9.59 Å². The number of nitrogens with zero attached hydrogens (tertiary/aromatic N) is 1. The molecule has 1 aliphatic heterocycles. The Labute approximate surface area is 204 Å².